The van der Waals surface area contributed by atoms with E-state index in [1.807, 2.05) is 0 Å². The Morgan fingerprint density at radius 3 is 2.36 bits per heavy atom. The maximum Gasteiger partial charge on any atom is 0.416 e. The summed E-state index contributed by atoms with van der Waals surface area (Å²) in [6.45, 7) is -0.155. The first kappa shape index (κ1) is 24.3. The van der Waals surface area contributed by atoms with Gasteiger partial charge in [0.2, 0.25) is 10.0 Å². The summed E-state index contributed by atoms with van der Waals surface area (Å²) in [6.07, 6.45) is -5.07. The zero-order chi connectivity index (χ0) is 24.4. The van der Waals surface area contributed by atoms with Crippen molar-refractivity contribution in [2.45, 2.75) is 18.9 Å². The molecule has 0 bridgehead atoms. The summed E-state index contributed by atoms with van der Waals surface area (Å²) >= 11 is 0. The minimum Gasteiger partial charge on any atom is -0.399 e. The molecule has 1 fully saturated rings. The second kappa shape index (κ2) is 9.27. The minimum absolute atomic E-state index is 0.0480. The molecular formula is C20H22F3N5O4S. The van der Waals surface area contributed by atoms with Crippen molar-refractivity contribution < 1.29 is 31.2 Å². The highest BCUT2D eigenvalue weighted by molar-refractivity contribution is 7.88. The first-order chi connectivity index (χ1) is 15.4. The van der Waals surface area contributed by atoms with Crippen molar-refractivity contribution in [3.63, 3.8) is 0 Å². The van der Waals surface area contributed by atoms with Gasteiger partial charge in [-0.15, -0.1) is 0 Å². The van der Waals surface area contributed by atoms with Gasteiger partial charge in [-0.25, -0.2) is 13.2 Å². The number of alkyl halides is 3. The molecule has 13 heteroatoms. The molecular weight excluding hydrogens is 463 g/mol. The largest absolute Gasteiger partial charge is 0.416 e. The van der Waals surface area contributed by atoms with E-state index in [9.17, 15) is 31.2 Å². The van der Waals surface area contributed by atoms with Gasteiger partial charge in [0.25, 0.3) is 5.91 Å². The van der Waals surface area contributed by atoms with Crippen molar-refractivity contribution in [2.75, 3.05) is 30.4 Å². The van der Waals surface area contributed by atoms with Gasteiger partial charge in [0, 0.05) is 31.0 Å². The summed E-state index contributed by atoms with van der Waals surface area (Å²) in [6, 6.07) is 9.63. The third-order valence-electron chi connectivity index (χ3n) is 4.93. The Balaban J connectivity index is 1.76. The Hall–Kier alpha value is -3.32. The quantitative estimate of drug-likeness (QED) is 0.559. The molecule has 1 aliphatic heterocycles. The zero-order valence-corrected chi connectivity index (χ0v) is 18.3. The highest BCUT2D eigenvalue weighted by Gasteiger charge is 2.44. The van der Waals surface area contributed by atoms with E-state index in [1.165, 1.54) is 0 Å². The summed E-state index contributed by atoms with van der Waals surface area (Å²) in [5.41, 5.74) is 6.04. The number of benzene rings is 2. The fourth-order valence-electron chi connectivity index (χ4n) is 3.36. The fraction of sp³-hybridized carbons (Fsp3) is 0.300. The average molecular weight is 485 g/mol. The zero-order valence-electron chi connectivity index (χ0n) is 17.5. The van der Waals surface area contributed by atoms with Crippen LogP contribution in [0.4, 0.5) is 29.3 Å². The van der Waals surface area contributed by atoms with Gasteiger partial charge >= 0.3 is 12.2 Å². The number of urea groups is 1. The van der Waals surface area contributed by atoms with Gasteiger partial charge < -0.3 is 16.4 Å². The molecule has 0 spiro atoms. The maximum absolute atomic E-state index is 12.9. The first-order valence-corrected chi connectivity index (χ1v) is 11.5. The number of anilines is 2. The Morgan fingerprint density at radius 2 is 1.79 bits per heavy atom. The fourth-order valence-corrected chi connectivity index (χ4v) is 4.35. The number of hydrogen-bond acceptors (Lipinski definition) is 5. The molecule has 1 atom stereocenters. The van der Waals surface area contributed by atoms with Crippen LogP contribution in [0.25, 0.3) is 0 Å². The van der Waals surface area contributed by atoms with E-state index in [-0.39, 0.29) is 25.3 Å². The summed E-state index contributed by atoms with van der Waals surface area (Å²) in [4.78, 5) is 26.7. The molecule has 1 heterocycles. The lowest BCUT2D eigenvalue weighted by atomic mass is 10.2. The van der Waals surface area contributed by atoms with Crippen LogP contribution in [0.1, 0.15) is 11.1 Å². The number of nitrogens with zero attached hydrogens (tertiary/aromatic N) is 2. The molecule has 33 heavy (non-hydrogen) atoms. The maximum atomic E-state index is 12.9. The highest BCUT2D eigenvalue weighted by atomic mass is 32.2. The molecule has 0 saturated carbocycles. The molecule has 0 radical (unpaired) electrons. The molecule has 1 unspecified atom stereocenters. The number of carbonyl (C=O) groups is 2. The van der Waals surface area contributed by atoms with Gasteiger partial charge in [-0.2, -0.15) is 17.5 Å². The van der Waals surface area contributed by atoms with Crippen LogP contribution in [0.2, 0.25) is 0 Å². The van der Waals surface area contributed by atoms with Crippen molar-refractivity contribution in [3.8, 4) is 0 Å². The Labute approximate surface area is 188 Å². The van der Waals surface area contributed by atoms with Crippen LogP contribution in [0.5, 0.6) is 0 Å². The number of halogens is 3. The molecule has 9 nitrogen and oxygen atoms in total. The average Bonchev–Trinajstić information content (AvgIpc) is 3.18. The second-order valence-electron chi connectivity index (χ2n) is 7.41. The molecule has 2 aromatic rings. The molecule has 4 N–H and O–H groups in total. The number of amides is 3. The topological polar surface area (TPSA) is 125 Å². The smallest absolute Gasteiger partial charge is 0.399 e. The third kappa shape index (κ3) is 5.93. The predicted octanol–water partition coefficient (Wildman–Crippen LogP) is 2.04. The number of nitrogens with two attached hydrogens (primary N) is 1. The lowest BCUT2D eigenvalue weighted by molar-refractivity contribution is -0.137. The van der Waals surface area contributed by atoms with E-state index >= 15 is 0 Å². The molecule has 0 aromatic heterocycles. The van der Waals surface area contributed by atoms with Gasteiger partial charge in [-0.1, -0.05) is 12.1 Å². The van der Waals surface area contributed by atoms with Crippen LogP contribution < -0.4 is 16.4 Å². The van der Waals surface area contributed by atoms with E-state index in [0.29, 0.717) is 11.3 Å². The van der Waals surface area contributed by atoms with Gasteiger partial charge in [-0.05, 0) is 42.0 Å². The monoisotopic (exact) mass is 485 g/mol. The first-order valence-electron chi connectivity index (χ1n) is 9.70. The van der Waals surface area contributed by atoms with Crippen LogP contribution in [0.3, 0.4) is 0 Å². The van der Waals surface area contributed by atoms with Gasteiger partial charge in [0.15, 0.2) is 6.17 Å². The molecule has 1 saturated heterocycles. The normalized spacial score (nSPS) is 17.1. The SMILES string of the molecule is CS(=O)(=O)N1CCN(C(=O)Nc2ccc(C(F)(F)F)cc2)C1C(=O)NCc1cccc(N)c1. The van der Waals surface area contributed by atoms with Crippen LogP contribution in [-0.4, -0.2) is 55.1 Å². The second-order valence-corrected chi connectivity index (χ2v) is 9.34. The van der Waals surface area contributed by atoms with E-state index in [0.717, 1.165) is 39.7 Å². The standard InChI is InChI=1S/C20H22F3N5O4S/c1-33(31,32)28-10-9-27(18(28)17(29)25-12-13-3-2-4-15(24)11-13)19(30)26-16-7-5-14(6-8-16)20(21,22)23/h2-8,11,18H,9-10,12,24H2,1H3,(H,25,29)(H,26,30). The summed E-state index contributed by atoms with van der Waals surface area (Å²) in [7, 11) is -3.84. The van der Waals surface area contributed by atoms with E-state index in [4.69, 9.17) is 5.73 Å². The lowest BCUT2D eigenvalue weighted by Gasteiger charge is -2.28. The lowest BCUT2D eigenvalue weighted by Crippen LogP contribution is -2.54. The highest BCUT2D eigenvalue weighted by Crippen LogP contribution is 2.30. The Morgan fingerprint density at radius 1 is 1.12 bits per heavy atom. The van der Waals surface area contributed by atoms with Gasteiger partial charge in [-0.3, -0.25) is 9.69 Å². The molecule has 0 aliphatic carbocycles. The van der Waals surface area contributed by atoms with Crippen LogP contribution in [0, 0.1) is 0 Å². The van der Waals surface area contributed by atoms with E-state index in [1.54, 1.807) is 24.3 Å². The van der Waals surface area contributed by atoms with Crippen molar-refractivity contribution in [2.24, 2.45) is 0 Å². The minimum atomic E-state index is -4.53. The van der Waals surface area contributed by atoms with Crippen molar-refractivity contribution >= 4 is 33.3 Å². The number of hydrogen-bond donors (Lipinski definition) is 3. The summed E-state index contributed by atoms with van der Waals surface area (Å²) in [5.74, 6) is -0.733. The van der Waals surface area contributed by atoms with Crippen molar-refractivity contribution in [3.05, 3.63) is 59.7 Å². The number of nitrogens with one attached hydrogen (secondary N) is 2. The van der Waals surface area contributed by atoms with Crippen LogP contribution >= 0.6 is 0 Å². The predicted molar refractivity (Wildman–Crippen MR) is 115 cm³/mol. The van der Waals surface area contributed by atoms with Gasteiger partial charge in [0.1, 0.15) is 0 Å². The van der Waals surface area contributed by atoms with Crippen LogP contribution in [0.15, 0.2) is 48.5 Å². The van der Waals surface area contributed by atoms with E-state index < -0.39 is 39.9 Å². The number of sulfonamides is 1. The molecule has 2 aromatic carbocycles. The number of nitrogen functional groups attached to an aromatic ring is 1. The van der Waals surface area contributed by atoms with E-state index in [2.05, 4.69) is 10.6 Å². The van der Waals surface area contributed by atoms with Crippen LogP contribution in [-0.2, 0) is 27.5 Å². The van der Waals surface area contributed by atoms with Crippen molar-refractivity contribution in [1.82, 2.24) is 14.5 Å². The van der Waals surface area contributed by atoms with Crippen molar-refractivity contribution in [1.29, 1.82) is 0 Å². The van der Waals surface area contributed by atoms with Gasteiger partial charge in [0.05, 0.1) is 11.8 Å². The number of rotatable bonds is 5. The molecule has 3 amide bonds. The third-order valence-corrected chi connectivity index (χ3v) is 6.17. The number of carbonyl (C=O) groups excluding carboxylic acids is 2. The summed E-state index contributed by atoms with van der Waals surface area (Å²) < 4.78 is 63.5. The Kier molecular flexibility index (Phi) is 6.84. The Bertz CT molecular complexity index is 1140. The summed E-state index contributed by atoms with van der Waals surface area (Å²) in [5, 5.41) is 5.00. The molecule has 1 aliphatic rings. The molecule has 3 rings (SSSR count). The molecule has 178 valence electrons.